The molecule has 2 nitrogen and oxygen atoms in total. The molecule has 0 aliphatic heterocycles. The van der Waals surface area contributed by atoms with Crippen LogP contribution in [0.3, 0.4) is 0 Å². The van der Waals surface area contributed by atoms with E-state index in [4.69, 9.17) is 5.73 Å². The summed E-state index contributed by atoms with van der Waals surface area (Å²) < 4.78 is 0. The van der Waals surface area contributed by atoms with Gasteiger partial charge in [0.2, 0.25) is 0 Å². The maximum atomic E-state index is 9.69. The first-order valence-electron chi connectivity index (χ1n) is 6.43. The van der Waals surface area contributed by atoms with Crippen LogP contribution in [0.15, 0.2) is 24.3 Å². The molecule has 17 heavy (non-hydrogen) atoms. The van der Waals surface area contributed by atoms with E-state index in [-0.39, 0.29) is 0 Å². The first kappa shape index (κ1) is 16.0. The zero-order valence-electron chi connectivity index (χ0n) is 11.8. The van der Waals surface area contributed by atoms with Gasteiger partial charge in [-0.1, -0.05) is 32.9 Å². The molecule has 0 fully saturated rings. The number of anilines is 1. The molecule has 0 aliphatic carbocycles. The number of nitrogen functional groups attached to an aromatic ring is 1. The summed E-state index contributed by atoms with van der Waals surface area (Å²) in [5.41, 5.74) is 7.12. The average Bonchev–Trinajstić information content (AvgIpc) is 2.22. The van der Waals surface area contributed by atoms with Gasteiger partial charge in [0.1, 0.15) is 0 Å². The largest absolute Gasteiger partial charge is 0.399 e. The molecule has 2 heteroatoms. The van der Waals surface area contributed by atoms with Crippen LogP contribution in [0, 0.1) is 5.92 Å². The summed E-state index contributed by atoms with van der Waals surface area (Å²) in [6.07, 6.45) is 1.81. The summed E-state index contributed by atoms with van der Waals surface area (Å²) in [6.45, 7) is 9.87. The Morgan fingerprint density at radius 2 is 1.65 bits per heavy atom. The summed E-state index contributed by atoms with van der Waals surface area (Å²) in [7, 11) is 0. The van der Waals surface area contributed by atoms with Crippen molar-refractivity contribution < 1.29 is 5.11 Å². The topological polar surface area (TPSA) is 46.2 Å². The number of benzene rings is 1. The maximum Gasteiger partial charge on any atom is 0.0594 e. The van der Waals surface area contributed by atoms with Crippen molar-refractivity contribution in [3.05, 3.63) is 29.8 Å². The van der Waals surface area contributed by atoms with E-state index in [2.05, 4.69) is 19.1 Å². The zero-order chi connectivity index (χ0) is 13.5. The second-order valence-corrected chi connectivity index (χ2v) is 5.07. The highest BCUT2D eigenvalue weighted by Crippen LogP contribution is 2.20. The molecule has 1 unspecified atom stereocenters. The van der Waals surface area contributed by atoms with E-state index in [1.165, 1.54) is 5.56 Å². The first-order chi connectivity index (χ1) is 7.87. The highest BCUT2D eigenvalue weighted by atomic mass is 16.3. The predicted octanol–water partition coefficient (Wildman–Crippen LogP) is 3.63. The van der Waals surface area contributed by atoms with Crippen LogP contribution in [-0.4, -0.2) is 10.7 Å². The second kappa shape index (κ2) is 7.33. The van der Waals surface area contributed by atoms with Crippen molar-refractivity contribution >= 4 is 5.69 Å². The molecule has 1 atom stereocenters. The van der Waals surface area contributed by atoms with Crippen LogP contribution in [0.4, 0.5) is 5.69 Å². The molecule has 0 bridgehead atoms. The molecule has 0 amide bonds. The lowest BCUT2D eigenvalue weighted by Gasteiger charge is -2.22. The van der Waals surface area contributed by atoms with Crippen LogP contribution in [-0.2, 0) is 6.42 Å². The first-order valence-corrected chi connectivity index (χ1v) is 6.43. The molecular formula is C15H27NO. The quantitative estimate of drug-likeness (QED) is 0.785. The van der Waals surface area contributed by atoms with Crippen LogP contribution in [0.1, 0.15) is 46.6 Å². The number of aliphatic hydroxyl groups is 1. The molecule has 0 spiro atoms. The molecule has 0 radical (unpaired) electrons. The molecule has 3 N–H and O–H groups in total. The lowest BCUT2D eigenvalue weighted by molar-refractivity contribution is 0.0553. The third kappa shape index (κ3) is 7.81. The molecule has 1 rings (SSSR count). The minimum atomic E-state index is -0.576. The van der Waals surface area contributed by atoms with Gasteiger partial charge in [-0.25, -0.2) is 0 Å². The fourth-order valence-corrected chi connectivity index (χ4v) is 1.98. The molecule has 1 aromatic carbocycles. The van der Waals surface area contributed by atoms with Crippen molar-refractivity contribution in [3.63, 3.8) is 0 Å². The van der Waals surface area contributed by atoms with Crippen molar-refractivity contribution in [2.75, 3.05) is 5.73 Å². The highest BCUT2D eigenvalue weighted by Gasteiger charge is 2.17. The van der Waals surface area contributed by atoms with E-state index < -0.39 is 5.60 Å². The van der Waals surface area contributed by atoms with E-state index in [0.29, 0.717) is 5.92 Å². The minimum absolute atomic E-state index is 0.480. The van der Waals surface area contributed by atoms with E-state index >= 15 is 0 Å². The average molecular weight is 237 g/mol. The molecule has 1 aromatic rings. The molecule has 0 saturated carbocycles. The number of nitrogens with two attached hydrogens (primary N) is 1. The Morgan fingerprint density at radius 1 is 1.18 bits per heavy atom. The summed E-state index contributed by atoms with van der Waals surface area (Å²) in [5.74, 6) is 0.480. The van der Waals surface area contributed by atoms with Gasteiger partial charge in [-0.05, 0) is 50.3 Å². The van der Waals surface area contributed by atoms with Crippen LogP contribution < -0.4 is 5.73 Å². The molecule has 0 saturated heterocycles. The Balaban J connectivity index is 0.00000121. The summed E-state index contributed by atoms with van der Waals surface area (Å²) in [6, 6.07) is 7.95. The van der Waals surface area contributed by atoms with Gasteiger partial charge in [-0.2, -0.15) is 0 Å². The van der Waals surface area contributed by atoms with Gasteiger partial charge in [0.15, 0.2) is 0 Å². The smallest absolute Gasteiger partial charge is 0.0594 e. The van der Waals surface area contributed by atoms with Gasteiger partial charge in [0.25, 0.3) is 0 Å². The Hall–Kier alpha value is -1.02. The molecule has 0 heterocycles. The van der Waals surface area contributed by atoms with E-state index in [9.17, 15) is 5.11 Å². The van der Waals surface area contributed by atoms with Gasteiger partial charge >= 0.3 is 0 Å². The number of hydrogen-bond donors (Lipinski definition) is 2. The molecule has 0 aromatic heterocycles. The minimum Gasteiger partial charge on any atom is -0.399 e. The standard InChI is InChI=1S/C13H21NO.C2H6/c1-10(9-13(2,3)15)8-11-4-6-12(14)7-5-11;1-2/h4-7,10,15H,8-9,14H2,1-3H3;1-2H3. The summed E-state index contributed by atoms with van der Waals surface area (Å²) in [4.78, 5) is 0. The van der Waals surface area contributed by atoms with E-state index in [0.717, 1.165) is 18.5 Å². The van der Waals surface area contributed by atoms with Crippen molar-refractivity contribution in [2.24, 2.45) is 5.92 Å². The third-order valence-electron chi connectivity index (χ3n) is 2.41. The SMILES string of the molecule is CC.CC(Cc1ccc(N)cc1)CC(C)(C)O. The van der Waals surface area contributed by atoms with Crippen molar-refractivity contribution in [1.82, 2.24) is 0 Å². The third-order valence-corrected chi connectivity index (χ3v) is 2.41. The number of rotatable bonds is 4. The highest BCUT2D eigenvalue weighted by molar-refractivity contribution is 5.39. The van der Waals surface area contributed by atoms with E-state index in [1.54, 1.807) is 0 Å². The Labute approximate surface area is 106 Å². The molecule has 0 aliphatic rings. The van der Waals surface area contributed by atoms with Gasteiger partial charge < -0.3 is 10.8 Å². The fraction of sp³-hybridized carbons (Fsp3) is 0.600. The number of hydrogen-bond acceptors (Lipinski definition) is 2. The van der Waals surface area contributed by atoms with Crippen LogP contribution in [0.2, 0.25) is 0 Å². The Morgan fingerprint density at radius 3 is 2.06 bits per heavy atom. The van der Waals surface area contributed by atoms with Crippen LogP contribution >= 0.6 is 0 Å². The van der Waals surface area contributed by atoms with Crippen molar-refractivity contribution in [1.29, 1.82) is 0 Å². The fourth-order valence-electron chi connectivity index (χ4n) is 1.98. The van der Waals surface area contributed by atoms with Crippen molar-refractivity contribution in [3.8, 4) is 0 Å². The molecule has 98 valence electrons. The normalized spacial score (nSPS) is 12.6. The van der Waals surface area contributed by atoms with Crippen LogP contribution in [0.5, 0.6) is 0 Å². The van der Waals surface area contributed by atoms with Gasteiger partial charge in [0.05, 0.1) is 5.60 Å². The van der Waals surface area contributed by atoms with E-state index in [1.807, 2.05) is 39.8 Å². The summed E-state index contributed by atoms with van der Waals surface area (Å²) in [5, 5.41) is 9.69. The van der Waals surface area contributed by atoms with Gasteiger partial charge in [-0.3, -0.25) is 0 Å². The maximum absolute atomic E-state index is 9.69. The Bertz CT molecular complexity index is 298. The summed E-state index contributed by atoms with van der Waals surface area (Å²) >= 11 is 0. The predicted molar refractivity (Wildman–Crippen MR) is 76.0 cm³/mol. The van der Waals surface area contributed by atoms with Gasteiger partial charge in [0, 0.05) is 5.69 Å². The van der Waals surface area contributed by atoms with Crippen molar-refractivity contribution in [2.45, 2.75) is 53.1 Å². The molecular weight excluding hydrogens is 210 g/mol. The lowest BCUT2D eigenvalue weighted by Crippen LogP contribution is -2.22. The zero-order valence-corrected chi connectivity index (χ0v) is 11.8. The lowest BCUT2D eigenvalue weighted by atomic mass is 9.90. The monoisotopic (exact) mass is 237 g/mol. The van der Waals surface area contributed by atoms with Gasteiger partial charge in [-0.15, -0.1) is 0 Å². The second-order valence-electron chi connectivity index (χ2n) is 5.07. The van der Waals surface area contributed by atoms with Crippen LogP contribution in [0.25, 0.3) is 0 Å². The Kier molecular flexibility index (Phi) is 6.89.